The molecule has 0 bridgehead atoms. The fraction of sp³-hybridized carbons (Fsp3) is 0.538. The van der Waals surface area contributed by atoms with E-state index in [4.69, 9.17) is 0 Å². The summed E-state index contributed by atoms with van der Waals surface area (Å²) in [6, 6.07) is 4.74. The van der Waals surface area contributed by atoms with Gasteiger partial charge < -0.3 is 5.11 Å². The Labute approximate surface area is 188 Å². The largest absolute Gasteiger partial charge is 0.507 e. The molecule has 33 heavy (non-hydrogen) atoms. The van der Waals surface area contributed by atoms with Crippen molar-refractivity contribution in [3.05, 3.63) is 52.6 Å². The second-order valence-electron chi connectivity index (χ2n) is 10.4. The average Bonchev–Trinajstić information content (AvgIpc) is 3.13. The van der Waals surface area contributed by atoms with Crippen LogP contribution in [0.2, 0.25) is 0 Å². The van der Waals surface area contributed by atoms with Crippen molar-refractivity contribution in [2.45, 2.75) is 70.1 Å². The summed E-state index contributed by atoms with van der Waals surface area (Å²) in [6.45, 7) is 2.36. The summed E-state index contributed by atoms with van der Waals surface area (Å²) in [5.74, 6) is 1.04. The molecule has 0 amide bonds. The topological polar surface area (TPSA) is 20.2 Å². The lowest BCUT2D eigenvalue weighted by atomic mass is 9.56. The molecule has 2 aromatic rings. The first kappa shape index (κ1) is 22.6. The molecule has 0 saturated heterocycles. The Morgan fingerprint density at radius 3 is 2.15 bits per heavy atom. The normalized spacial score (nSPS) is 29.4. The maximum absolute atomic E-state index is 13.4. The van der Waals surface area contributed by atoms with Crippen LogP contribution in [0.4, 0.5) is 26.3 Å². The van der Waals surface area contributed by atoms with E-state index in [2.05, 4.69) is 6.92 Å². The third-order valence-corrected chi connectivity index (χ3v) is 8.52. The van der Waals surface area contributed by atoms with Gasteiger partial charge in [-0.15, -0.1) is 0 Å². The van der Waals surface area contributed by atoms with Crippen molar-refractivity contribution in [3.63, 3.8) is 0 Å². The second kappa shape index (κ2) is 7.41. The van der Waals surface area contributed by atoms with Gasteiger partial charge in [-0.1, -0.05) is 13.3 Å². The molecule has 3 aliphatic rings. The first-order valence-corrected chi connectivity index (χ1v) is 11.5. The minimum absolute atomic E-state index is 0.0331. The number of phenols is 1. The standard InChI is InChI=1S/C26H26F6O/c1-24-7-2-3-22(24)19-5-4-14-11-23(33)21(13-20(14)18(19)6-8-24)15-9-16(25(27,28)29)12-17(10-15)26(30,31)32/h9-13,18-19,22,33H,2-8H2,1H3/t18-,19+,22-,24-/m0/s1. The van der Waals surface area contributed by atoms with Crippen molar-refractivity contribution < 1.29 is 31.4 Å². The van der Waals surface area contributed by atoms with Crippen molar-refractivity contribution >= 4 is 0 Å². The molecule has 0 radical (unpaired) electrons. The highest BCUT2D eigenvalue weighted by molar-refractivity contribution is 5.73. The lowest BCUT2D eigenvalue weighted by Crippen LogP contribution is -2.39. The number of aromatic hydroxyl groups is 1. The lowest BCUT2D eigenvalue weighted by Gasteiger charge is -2.49. The zero-order valence-corrected chi connectivity index (χ0v) is 18.3. The molecule has 0 unspecified atom stereocenters. The van der Waals surface area contributed by atoms with Gasteiger partial charge in [0, 0.05) is 5.56 Å². The summed E-state index contributed by atoms with van der Waals surface area (Å²) in [4.78, 5) is 0. The minimum atomic E-state index is -4.93. The van der Waals surface area contributed by atoms with Crippen LogP contribution in [0.25, 0.3) is 11.1 Å². The number of halogens is 6. The van der Waals surface area contributed by atoms with Gasteiger partial charge in [-0.05, 0) is 109 Å². The zero-order valence-electron chi connectivity index (χ0n) is 18.3. The summed E-state index contributed by atoms with van der Waals surface area (Å²) in [5, 5.41) is 10.6. The molecular formula is C26H26F6O. The van der Waals surface area contributed by atoms with Crippen LogP contribution in [-0.2, 0) is 18.8 Å². The minimum Gasteiger partial charge on any atom is -0.507 e. The number of phenolic OH excluding ortho intramolecular Hbond substituents is 1. The maximum Gasteiger partial charge on any atom is 0.416 e. The van der Waals surface area contributed by atoms with Gasteiger partial charge in [-0.3, -0.25) is 0 Å². The highest BCUT2D eigenvalue weighted by Crippen LogP contribution is 2.61. The lowest BCUT2D eigenvalue weighted by molar-refractivity contribution is -0.143. The van der Waals surface area contributed by atoms with Crippen molar-refractivity contribution in [2.24, 2.45) is 17.3 Å². The Morgan fingerprint density at radius 1 is 0.848 bits per heavy atom. The fourth-order valence-corrected chi connectivity index (χ4v) is 6.94. The number of rotatable bonds is 1. The number of hydrogen-bond acceptors (Lipinski definition) is 1. The SMILES string of the molecule is C[C@@]12CCC[C@H]1[C@@H]1CCc3cc(O)c(-c4cc(C(F)(F)F)cc(C(F)(F)F)c4)cc3[C@H]1CC2. The monoisotopic (exact) mass is 468 g/mol. The number of alkyl halides is 6. The van der Waals surface area contributed by atoms with Gasteiger partial charge in [-0.25, -0.2) is 0 Å². The predicted octanol–water partition coefficient (Wildman–Crippen LogP) is 8.34. The number of hydrogen-bond donors (Lipinski definition) is 1. The molecule has 1 N–H and O–H groups in total. The van der Waals surface area contributed by atoms with Crippen LogP contribution in [0.15, 0.2) is 30.3 Å². The number of aryl methyl sites for hydroxylation is 1. The maximum atomic E-state index is 13.4. The Kier molecular flexibility index (Phi) is 5.07. The third kappa shape index (κ3) is 3.81. The summed E-state index contributed by atoms with van der Waals surface area (Å²) < 4.78 is 80.3. The molecule has 0 aliphatic heterocycles. The number of benzene rings is 2. The van der Waals surface area contributed by atoms with E-state index in [9.17, 15) is 31.4 Å². The van der Waals surface area contributed by atoms with E-state index < -0.39 is 23.5 Å². The predicted molar refractivity (Wildman–Crippen MR) is 113 cm³/mol. The molecule has 5 rings (SSSR count). The highest BCUT2D eigenvalue weighted by Gasteiger charge is 2.50. The van der Waals surface area contributed by atoms with E-state index in [-0.39, 0.29) is 28.9 Å². The van der Waals surface area contributed by atoms with Gasteiger partial charge in [0.2, 0.25) is 0 Å². The smallest absolute Gasteiger partial charge is 0.416 e. The fourth-order valence-electron chi connectivity index (χ4n) is 6.94. The first-order chi connectivity index (χ1) is 15.4. The molecule has 0 spiro atoms. The van der Waals surface area contributed by atoms with Gasteiger partial charge in [0.15, 0.2) is 0 Å². The first-order valence-electron chi connectivity index (χ1n) is 11.5. The van der Waals surface area contributed by atoms with Crippen molar-refractivity contribution in [1.29, 1.82) is 0 Å². The molecule has 3 aliphatic carbocycles. The number of fused-ring (bicyclic) bond motifs is 5. The van der Waals surface area contributed by atoms with Crippen LogP contribution < -0.4 is 0 Å². The van der Waals surface area contributed by atoms with Crippen LogP contribution in [0.5, 0.6) is 5.75 Å². The van der Waals surface area contributed by atoms with Gasteiger partial charge in [0.25, 0.3) is 0 Å². The molecule has 0 heterocycles. The molecule has 0 aromatic heterocycles. The molecule has 2 fully saturated rings. The molecule has 1 nitrogen and oxygen atoms in total. The molecule has 2 saturated carbocycles. The van der Waals surface area contributed by atoms with Crippen molar-refractivity contribution in [3.8, 4) is 16.9 Å². The summed E-state index contributed by atoms with van der Waals surface area (Å²) in [7, 11) is 0. The summed E-state index contributed by atoms with van der Waals surface area (Å²) >= 11 is 0. The van der Waals surface area contributed by atoms with Crippen LogP contribution in [0, 0.1) is 17.3 Å². The molecule has 178 valence electrons. The van der Waals surface area contributed by atoms with Gasteiger partial charge in [0.1, 0.15) is 5.75 Å². The van der Waals surface area contributed by atoms with Gasteiger partial charge in [0.05, 0.1) is 11.1 Å². The Hall–Kier alpha value is -2.18. The van der Waals surface area contributed by atoms with Crippen molar-refractivity contribution in [2.75, 3.05) is 0 Å². The van der Waals surface area contributed by atoms with Crippen LogP contribution in [-0.4, -0.2) is 5.11 Å². The van der Waals surface area contributed by atoms with Gasteiger partial charge in [-0.2, -0.15) is 26.3 Å². The average molecular weight is 468 g/mol. The third-order valence-electron chi connectivity index (χ3n) is 8.52. The Morgan fingerprint density at radius 2 is 1.52 bits per heavy atom. The van der Waals surface area contributed by atoms with E-state index in [1.165, 1.54) is 19.3 Å². The van der Waals surface area contributed by atoms with E-state index >= 15 is 0 Å². The Balaban J connectivity index is 1.61. The summed E-state index contributed by atoms with van der Waals surface area (Å²) in [6.07, 6.45) is -2.42. The van der Waals surface area contributed by atoms with E-state index in [0.29, 0.717) is 29.4 Å². The molecular weight excluding hydrogens is 442 g/mol. The van der Waals surface area contributed by atoms with E-state index in [1.54, 1.807) is 12.1 Å². The molecule has 4 atom stereocenters. The van der Waals surface area contributed by atoms with Crippen molar-refractivity contribution in [1.82, 2.24) is 0 Å². The van der Waals surface area contributed by atoms with Crippen LogP contribution in [0.3, 0.4) is 0 Å². The van der Waals surface area contributed by atoms with Crippen LogP contribution >= 0.6 is 0 Å². The zero-order chi connectivity index (χ0) is 23.8. The van der Waals surface area contributed by atoms with Gasteiger partial charge >= 0.3 is 12.4 Å². The molecule has 2 aromatic carbocycles. The van der Waals surface area contributed by atoms with E-state index in [0.717, 1.165) is 36.8 Å². The quantitative estimate of drug-likeness (QED) is 0.417. The second-order valence-corrected chi connectivity index (χ2v) is 10.4. The summed E-state index contributed by atoms with van der Waals surface area (Å²) in [5.41, 5.74) is -0.697. The van der Waals surface area contributed by atoms with E-state index in [1.807, 2.05) is 0 Å². The Bertz CT molecular complexity index is 1050. The molecule has 7 heteroatoms. The van der Waals surface area contributed by atoms with Crippen LogP contribution in [0.1, 0.15) is 73.6 Å². The highest BCUT2D eigenvalue weighted by atomic mass is 19.4.